The van der Waals surface area contributed by atoms with Gasteiger partial charge in [0, 0.05) is 12.6 Å². The monoisotopic (exact) mass is 553 g/mol. The summed E-state index contributed by atoms with van der Waals surface area (Å²) in [5.41, 5.74) is 1.94. The second-order valence-electron chi connectivity index (χ2n) is 9.31. The van der Waals surface area contributed by atoms with E-state index in [9.17, 15) is 18.0 Å². The van der Waals surface area contributed by atoms with Gasteiger partial charge in [0.2, 0.25) is 21.8 Å². The molecule has 1 aliphatic rings. The van der Waals surface area contributed by atoms with Crippen LogP contribution in [0, 0.1) is 6.92 Å². The molecule has 2 aromatic rings. The second kappa shape index (κ2) is 12.3. The minimum absolute atomic E-state index is 0.0333. The number of anilines is 1. The van der Waals surface area contributed by atoms with Gasteiger partial charge >= 0.3 is 0 Å². The van der Waals surface area contributed by atoms with Gasteiger partial charge in [-0.05, 0) is 49.9 Å². The molecule has 0 aliphatic heterocycles. The number of benzene rings is 2. The molecule has 1 saturated carbocycles. The number of aryl methyl sites for hydroxylation is 1. The Bertz CT molecular complexity index is 1200. The summed E-state index contributed by atoms with van der Waals surface area (Å²) in [6.45, 7) is 3.24. The van der Waals surface area contributed by atoms with Crippen LogP contribution in [0.1, 0.15) is 50.2 Å². The zero-order chi connectivity index (χ0) is 26.5. The van der Waals surface area contributed by atoms with Crippen LogP contribution in [0.4, 0.5) is 5.69 Å². The zero-order valence-electron chi connectivity index (χ0n) is 20.8. The molecule has 0 radical (unpaired) electrons. The molecule has 0 bridgehead atoms. The van der Waals surface area contributed by atoms with Crippen molar-refractivity contribution in [3.63, 3.8) is 0 Å². The van der Waals surface area contributed by atoms with Crippen molar-refractivity contribution in [1.82, 2.24) is 10.2 Å². The van der Waals surface area contributed by atoms with E-state index in [1.807, 2.05) is 31.2 Å². The Morgan fingerprint density at radius 2 is 1.72 bits per heavy atom. The van der Waals surface area contributed by atoms with Crippen molar-refractivity contribution in [2.45, 2.75) is 64.6 Å². The number of hydrogen-bond donors (Lipinski definition) is 1. The molecule has 3 rings (SSSR count). The van der Waals surface area contributed by atoms with Gasteiger partial charge in [0.05, 0.1) is 22.0 Å². The Hall–Kier alpha value is -2.29. The predicted molar refractivity (Wildman–Crippen MR) is 145 cm³/mol. The molecular formula is C26H33Cl2N3O4S. The Labute approximate surface area is 223 Å². The average Bonchev–Trinajstić information content (AvgIpc) is 2.83. The summed E-state index contributed by atoms with van der Waals surface area (Å²) in [5.74, 6) is -0.776. The van der Waals surface area contributed by atoms with Gasteiger partial charge in [0.25, 0.3) is 0 Å². The van der Waals surface area contributed by atoms with Crippen molar-refractivity contribution < 1.29 is 18.0 Å². The van der Waals surface area contributed by atoms with Crippen LogP contribution in [-0.4, -0.2) is 50.0 Å². The maximum atomic E-state index is 13.7. The second-order valence-corrected chi connectivity index (χ2v) is 12.0. The lowest BCUT2D eigenvalue weighted by Crippen LogP contribution is -2.53. The average molecular weight is 555 g/mol. The quantitative estimate of drug-likeness (QED) is 0.476. The summed E-state index contributed by atoms with van der Waals surface area (Å²) < 4.78 is 26.3. The summed E-state index contributed by atoms with van der Waals surface area (Å²) in [6, 6.07) is 11.5. The molecule has 1 unspecified atom stereocenters. The number of carbonyl (C=O) groups excluding carboxylic acids is 2. The number of carbonyl (C=O) groups is 2. The number of hydrogen-bond acceptors (Lipinski definition) is 4. The van der Waals surface area contributed by atoms with Gasteiger partial charge in [0.15, 0.2) is 0 Å². The Morgan fingerprint density at radius 1 is 1.06 bits per heavy atom. The van der Waals surface area contributed by atoms with E-state index < -0.39 is 28.5 Å². The lowest BCUT2D eigenvalue weighted by atomic mass is 9.95. The van der Waals surface area contributed by atoms with Crippen molar-refractivity contribution in [3.05, 3.63) is 63.6 Å². The van der Waals surface area contributed by atoms with Crippen LogP contribution in [0.15, 0.2) is 42.5 Å². The molecule has 10 heteroatoms. The van der Waals surface area contributed by atoms with Crippen molar-refractivity contribution in [2.75, 3.05) is 17.1 Å². The fraction of sp³-hybridized carbons (Fsp3) is 0.462. The Kier molecular flexibility index (Phi) is 9.66. The van der Waals surface area contributed by atoms with E-state index in [4.69, 9.17) is 23.2 Å². The first-order chi connectivity index (χ1) is 17.0. The number of rotatable bonds is 9. The first-order valence-corrected chi connectivity index (χ1v) is 14.7. The van der Waals surface area contributed by atoms with E-state index in [-0.39, 0.29) is 34.2 Å². The highest BCUT2D eigenvalue weighted by Crippen LogP contribution is 2.33. The third kappa shape index (κ3) is 7.14. The molecule has 1 N–H and O–H groups in total. The summed E-state index contributed by atoms with van der Waals surface area (Å²) in [6.07, 6.45) is 6.12. The van der Waals surface area contributed by atoms with Crippen molar-refractivity contribution in [1.29, 1.82) is 0 Å². The minimum atomic E-state index is -3.89. The predicted octanol–water partition coefficient (Wildman–Crippen LogP) is 4.93. The number of nitrogens with one attached hydrogen (secondary N) is 1. The van der Waals surface area contributed by atoms with Gasteiger partial charge in [-0.25, -0.2) is 8.42 Å². The largest absolute Gasteiger partial charge is 0.352 e. The standard InChI is InChI=1S/C26H33Cl2N3O4S/c1-18-10-7-8-11-20(18)16-30(19(2)26(33)29-21-12-5-4-6-13-21)24(32)17-31(36(3,34)35)23-15-9-14-22(27)25(23)28/h7-11,14-15,19,21H,4-6,12-13,16-17H2,1-3H3,(H,29,33). The van der Waals surface area contributed by atoms with Gasteiger partial charge in [0.1, 0.15) is 12.6 Å². The number of halogens is 2. The SMILES string of the molecule is Cc1ccccc1CN(C(=O)CN(c1cccc(Cl)c1Cl)S(C)(=O)=O)C(C)C(=O)NC1CCCCC1. The number of sulfonamides is 1. The van der Waals surface area contributed by atoms with Crippen molar-refractivity contribution in [3.8, 4) is 0 Å². The third-order valence-electron chi connectivity index (χ3n) is 6.60. The highest BCUT2D eigenvalue weighted by atomic mass is 35.5. The van der Waals surface area contributed by atoms with E-state index in [0.29, 0.717) is 0 Å². The third-order valence-corrected chi connectivity index (χ3v) is 8.54. The van der Waals surface area contributed by atoms with E-state index in [2.05, 4.69) is 5.32 Å². The van der Waals surface area contributed by atoms with Crippen molar-refractivity contribution >= 4 is 50.7 Å². The molecule has 196 valence electrons. The Balaban J connectivity index is 1.91. The van der Waals surface area contributed by atoms with E-state index in [0.717, 1.165) is 53.8 Å². The van der Waals surface area contributed by atoms with E-state index in [1.165, 1.54) is 17.0 Å². The molecule has 0 heterocycles. The van der Waals surface area contributed by atoms with Crippen LogP contribution in [0.5, 0.6) is 0 Å². The van der Waals surface area contributed by atoms with Crippen LogP contribution in [0.3, 0.4) is 0 Å². The normalized spacial score (nSPS) is 15.2. The molecule has 0 saturated heterocycles. The van der Waals surface area contributed by atoms with Gasteiger partial charge in [-0.3, -0.25) is 13.9 Å². The highest BCUT2D eigenvalue weighted by Gasteiger charge is 2.32. The summed E-state index contributed by atoms with van der Waals surface area (Å²) in [7, 11) is -3.89. The lowest BCUT2D eigenvalue weighted by molar-refractivity contribution is -0.139. The first-order valence-electron chi connectivity index (χ1n) is 12.0. The van der Waals surface area contributed by atoms with Crippen LogP contribution in [0.2, 0.25) is 10.0 Å². The summed E-state index contributed by atoms with van der Waals surface area (Å²) >= 11 is 12.4. The fourth-order valence-electron chi connectivity index (χ4n) is 4.40. The molecular weight excluding hydrogens is 521 g/mol. The molecule has 7 nitrogen and oxygen atoms in total. The Morgan fingerprint density at radius 3 is 2.36 bits per heavy atom. The van der Waals surface area contributed by atoms with Crippen LogP contribution < -0.4 is 9.62 Å². The molecule has 1 atom stereocenters. The van der Waals surface area contributed by atoms with E-state index in [1.54, 1.807) is 13.0 Å². The molecule has 1 fully saturated rings. The minimum Gasteiger partial charge on any atom is -0.352 e. The maximum absolute atomic E-state index is 13.7. The molecule has 2 amide bonds. The smallest absolute Gasteiger partial charge is 0.244 e. The molecule has 0 spiro atoms. The number of nitrogens with zero attached hydrogens (tertiary/aromatic N) is 2. The topological polar surface area (TPSA) is 86.8 Å². The van der Waals surface area contributed by atoms with Crippen LogP contribution in [0.25, 0.3) is 0 Å². The van der Waals surface area contributed by atoms with Gasteiger partial charge in [-0.1, -0.05) is 72.8 Å². The first kappa shape index (κ1) is 28.3. The molecule has 0 aromatic heterocycles. The van der Waals surface area contributed by atoms with Gasteiger partial charge in [-0.15, -0.1) is 0 Å². The molecule has 2 aromatic carbocycles. The fourth-order valence-corrected chi connectivity index (χ4v) is 5.70. The summed E-state index contributed by atoms with van der Waals surface area (Å²) in [5, 5.41) is 3.29. The van der Waals surface area contributed by atoms with Gasteiger partial charge in [-0.2, -0.15) is 0 Å². The molecule has 36 heavy (non-hydrogen) atoms. The highest BCUT2D eigenvalue weighted by molar-refractivity contribution is 7.92. The molecule has 1 aliphatic carbocycles. The number of amides is 2. The lowest BCUT2D eigenvalue weighted by Gasteiger charge is -2.33. The maximum Gasteiger partial charge on any atom is 0.244 e. The van der Waals surface area contributed by atoms with Crippen LogP contribution >= 0.6 is 23.2 Å². The van der Waals surface area contributed by atoms with E-state index >= 15 is 0 Å². The zero-order valence-corrected chi connectivity index (χ0v) is 23.2. The van der Waals surface area contributed by atoms with Crippen molar-refractivity contribution in [2.24, 2.45) is 0 Å². The van der Waals surface area contributed by atoms with Crippen LogP contribution in [-0.2, 0) is 26.2 Å². The summed E-state index contributed by atoms with van der Waals surface area (Å²) in [4.78, 5) is 28.3. The van der Waals surface area contributed by atoms with Gasteiger partial charge < -0.3 is 10.2 Å².